The summed E-state index contributed by atoms with van der Waals surface area (Å²) < 4.78 is 5.03. The van der Waals surface area contributed by atoms with Gasteiger partial charge in [-0.2, -0.15) is 0 Å². The van der Waals surface area contributed by atoms with Gasteiger partial charge in [0.2, 0.25) is 0 Å². The summed E-state index contributed by atoms with van der Waals surface area (Å²) in [5.74, 6) is -0.199. The zero-order valence-corrected chi connectivity index (χ0v) is 11.4. The van der Waals surface area contributed by atoms with Gasteiger partial charge in [0.15, 0.2) is 0 Å². The number of nitrogens with two attached hydrogens (primary N) is 1. The van der Waals surface area contributed by atoms with Gasteiger partial charge in [-0.15, -0.1) is 11.3 Å². The lowest BCUT2D eigenvalue weighted by Crippen LogP contribution is -2.46. The average molecular weight is 257 g/mol. The molecule has 0 radical (unpaired) electrons. The van der Waals surface area contributed by atoms with Crippen molar-refractivity contribution >= 4 is 17.2 Å². The van der Waals surface area contributed by atoms with Crippen LogP contribution >= 0.6 is 11.3 Å². The molecule has 0 aromatic carbocycles. The molecule has 1 heterocycles. The van der Waals surface area contributed by atoms with E-state index in [0.29, 0.717) is 12.3 Å². The van der Waals surface area contributed by atoms with E-state index in [-0.39, 0.29) is 11.9 Å². The summed E-state index contributed by atoms with van der Waals surface area (Å²) >= 11 is 1.40. The number of nitrogens with one attached hydrogen (secondary N) is 1. The number of hydrogen-bond donors (Lipinski definition) is 2. The number of amides is 1. The zero-order chi connectivity index (χ0) is 13.1. The van der Waals surface area contributed by atoms with E-state index < -0.39 is 5.54 Å². The molecule has 1 rings (SSSR count). The van der Waals surface area contributed by atoms with E-state index in [9.17, 15) is 4.79 Å². The molecule has 0 aliphatic rings. The minimum atomic E-state index is -0.413. The van der Waals surface area contributed by atoms with Crippen LogP contribution < -0.4 is 11.1 Å². The van der Waals surface area contributed by atoms with Crippen molar-refractivity contribution in [3.63, 3.8) is 0 Å². The summed E-state index contributed by atoms with van der Waals surface area (Å²) in [4.78, 5) is 16.1. The molecule has 3 N–H and O–H groups in total. The van der Waals surface area contributed by atoms with Crippen LogP contribution in [-0.4, -0.2) is 30.1 Å². The second-order valence-corrected chi connectivity index (χ2v) is 5.52. The third-order valence-electron chi connectivity index (χ3n) is 2.10. The molecule has 0 spiro atoms. The van der Waals surface area contributed by atoms with Crippen LogP contribution in [0.5, 0.6) is 0 Å². The van der Waals surface area contributed by atoms with E-state index in [1.807, 2.05) is 20.8 Å². The summed E-state index contributed by atoms with van der Waals surface area (Å²) in [5.41, 5.74) is 5.69. The van der Waals surface area contributed by atoms with Crippen molar-refractivity contribution in [3.8, 4) is 0 Å². The first kappa shape index (κ1) is 14.1. The topological polar surface area (TPSA) is 77.2 Å². The smallest absolute Gasteiger partial charge is 0.271 e. The van der Waals surface area contributed by atoms with Crippen molar-refractivity contribution in [1.29, 1.82) is 0 Å². The van der Waals surface area contributed by atoms with Gasteiger partial charge in [-0.05, 0) is 20.8 Å². The minimum absolute atomic E-state index is 0.145. The molecular weight excluding hydrogens is 238 g/mol. The first-order valence-corrected chi connectivity index (χ1v) is 6.26. The zero-order valence-electron chi connectivity index (χ0n) is 10.6. The van der Waals surface area contributed by atoms with Gasteiger partial charge in [-0.3, -0.25) is 4.79 Å². The fourth-order valence-electron chi connectivity index (χ4n) is 1.37. The Morgan fingerprint density at radius 2 is 2.35 bits per heavy atom. The van der Waals surface area contributed by atoms with Gasteiger partial charge in [0, 0.05) is 12.5 Å². The molecule has 1 atom stereocenters. The van der Waals surface area contributed by atoms with Crippen LogP contribution in [0.2, 0.25) is 0 Å². The molecule has 1 amide bonds. The van der Waals surface area contributed by atoms with Crippen LogP contribution in [0.15, 0.2) is 5.38 Å². The highest BCUT2D eigenvalue weighted by Gasteiger charge is 2.22. The summed E-state index contributed by atoms with van der Waals surface area (Å²) in [6.45, 7) is 6.08. The SMILES string of the molecule is COCC(C)(C)NC(=O)c1csc(C(C)N)n1. The quantitative estimate of drug-likeness (QED) is 0.834. The number of aromatic nitrogens is 1. The minimum Gasteiger partial charge on any atom is -0.382 e. The molecule has 6 heteroatoms. The molecule has 0 aliphatic carbocycles. The highest BCUT2D eigenvalue weighted by atomic mass is 32.1. The van der Waals surface area contributed by atoms with Gasteiger partial charge in [-0.25, -0.2) is 4.98 Å². The van der Waals surface area contributed by atoms with Gasteiger partial charge >= 0.3 is 0 Å². The molecule has 1 aromatic rings. The number of carbonyl (C=O) groups is 1. The van der Waals surface area contributed by atoms with Gasteiger partial charge in [0.1, 0.15) is 10.7 Å². The normalized spacial score (nSPS) is 13.5. The molecule has 0 saturated carbocycles. The van der Waals surface area contributed by atoms with Crippen molar-refractivity contribution in [1.82, 2.24) is 10.3 Å². The van der Waals surface area contributed by atoms with E-state index in [2.05, 4.69) is 10.3 Å². The van der Waals surface area contributed by atoms with Gasteiger partial charge in [-0.1, -0.05) is 0 Å². The third-order valence-corrected chi connectivity index (χ3v) is 3.15. The van der Waals surface area contributed by atoms with E-state index in [0.717, 1.165) is 5.01 Å². The van der Waals surface area contributed by atoms with E-state index in [1.54, 1.807) is 12.5 Å². The van der Waals surface area contributed by atoms with Crippen molar-refractivity contribution in [3.05, 3.63) is 16.1 Å². The number of methoxy groups -OCH3 is 1. The molecule has 0 saturated heterocycles. The van der Waals surface area contributed by atoms with Gasteiger partial charge in [0.25, 0.3) is 5.91 Å². The van der Waals surface area contributed by atoms with Crippen molar-refractivity contribution in [2.24, 2.45) is 5.73 Å². The highest BCUT2D eigenvalue weighted by Crippen LogP contribution is 2.16. The van der Waals surface area contributed by atoms with Crippen molar-refractivity contribution in [2.45, 2.75) is 32.4 Å². The molecular formula is C11H19N3O2S. The Morgan fingerprint density at radius 1 is 1.71 bits per heavy atom. The molecule has 1 aromatic heterocycles. The summed E-state index contributed by atoms with van der Waals surface area (Å²) in [6, 6.07) is -0.145. The standard InChI is InChI=1S/C11H19N3O2S/c1-7(12)10-13-8(5-17-10)9(15)14-11(2,3)6-16-4/h5,7H,6,12H2,1-4H3,(H,14,15). The first-order valence-electron chi connectivity index (χ1n) is 5.38. The van der Waals surface area contributed by atoms with Crippen LogP contribution in [0.4, 0.5) is 0 Å². The van der Waals surface area contributed by atoms with Crippen LogP contribution in [0.3, 0.4) is 0 Å². The molecule has 96 valence electrons. The third kappa shape index (κ3) is 4.07. The fourth-order valence-corrected chi connectivity index (χ4v) is 2.13. The maximum atomic E-state index is 11.9. The van der Waals surface area contributed by atoms with Crippen LogP contribution in [0.25, 0.3) is 0 Å². The molecule has 5 nitrogen and oxygen atoms in total. The lowest BCUT2D eigenvalue weighted by atomic mass is 10.1. The second-order valence-electron chi connectivity index (χ2n) is 4.63. The average Bonchev–Trinajstić information content (AvgIpc) is 2.64. The maximum absolute atomic E-state index is 11.9. The first-order chi connectivity index (χ1) is 7.85. The van der Waals surface area contributed by atoms with Crippen LogP contribution in [-0.2, 0) is 4.74 Å². The second kappa shape index (κ2) is 5.57. The summed E-state index contributed by atoms with van der Waals surface area (Å²) in [6.07, 6.45) is 0. The van der Waals surface area contributed by atoms with E-state index >= 15 is 0 Å². The number of carbonyl (C=O) groups excluding carboxylic acids is 1. The Morgan fingerprint density at radius 3 is 2.82 bits per heavy atom. The summed E-state index contributed by atoms with van der Waals surface area (Å²) in [5, 5.41) is 5.35. The molecule has 17 heavy (non-hydrogen) atoms. The van der Waals surface area contributed by atoms with Crippen molar-refractivity contribution < 1.29 is 9.53 Å². The Kier molecular flexibility index (Phi) is 4.62. The Labute approximate surface area is 105 Å². The largest absolute Gasteiger partial charge is 0.382 e. The van der Waals surface area contributed by atoms with E-state index in [4.69, 9.17) is 10.5 Å². The predicted octanol–water partition coefficient (Wildman–Crippen LogP) is 1.32. The maximum Gasteiger partial charge on any atom is 0.271 e. The number of rotatable bonds is 5. The van der Waals surface area contributed by atoms with Gasteiger partial charge < -0.3 is 15.8 Å². The lowest BCUT2D eigenvalue weighted by molar-refractivity contribution is 0.0815. The van der Waals surface area contributed by atoms with Crippen LogP contribution in [0, 0.1) is 0 Å². The molecule has 0 fully saturated rings. The molecule has 0 bridgehead atoms. The Balaban J connectivity index is 2.69. The number of ether oxygens (including phenoxy) is 1. The van der Waals surface area contributed by atoms with Crippen LogP contribution in [0.1, 0.15) is 42.3 Å². The number of hydrogen-bond acceptors (Lipinski definition) is 5. The number of nitrogens with zero attached hydrogens (tertiary/aromatic N) is 1. The van der Waals surface area contributed by atoms with Crippen molar-refractivity contribution in [2.75, 3.05) is 13.7 Å². The molecule has 1 unspecified atom stereocenters. The monoisotopic (exact) mass is 257 g/mol. The number of thiazole rings is 1. The van der Waals surface area contributed by atoms with Gasteiger partial charge in [0.05, 0.1) is 18.2 Å². The summed E-state index contributed by atoms with van der Waals surface area (Å²) in [7, 11) is 1.60. The Bertz CT molecular complexity index is 388. The fraction of sp³-hybridized carbons (Fsp3) is 0.636. The predicted molar refractivity (Wildman–Crippen MR) is 68.1 cm³/mol. The van der Waals surface area contributed by atoms with E-state index in [1.165, 1.54) is 11.3 Å². The lowest BCUT2D eigenvalue weighted by Gasteiger charge is -2.24. The molecule has 0 aliphatic heterocycles. The highest BCUT2D eigenvalue weighted by molar-refractivity contribution is 7.09. The Hall–Kier alpha value is -0.980.